The van der Waals surface area contributed by atoms with Gasteiger partial charge < -0.3 is 10.2 Å². The van der Waals surface area contributed by atoms with Gasteiger partial charge in [0.15, 0.2) is 0 Å². The number of nitrogens with zero attached hydrogens (tertiary/aromatic N) is 2. The highest BCUT2D eigenvalue weighted by molar-refractivity contribution is 5.63. The van der Waals surface area contributed by atoms with Crippen molar-refractivity contribution in [1.82, 2.24) is 0 Å². The van der Waals surface area contributed by atoms with Crippen LogP contribution in [-0.4, -0.2) is 20.1 Å². The predicted octanol–water partition coefficient (Wildman–Crippen LogP) is 0.914. The molecule has 0 heterocycles. The molecule has 0 aromatic heterocycles. The summed E-state index contributed by atoms with van der Waals surface area (Å²) in [5.41, 5.74) is -1.57. The van der Waals surface area contributed by atoms with Crippen molar-refractivity contribution in [3.05, 3.63) is 32.4 Å². The number of nitro benzene ring substituents is 2. The lowest BCUT2D eigenvalue weighted by atomic mass is 10.2. The Hall–Kier alpha value is -2.38. The largest absolute Gasteiger partial charge is 0.499 e. The molecule has 0 aliphatic rings. The minimum atomic E-state index is -1.11. The summed E-state index contributed by atoms with van der Waals surface area (Å²) in [5, 5.41) is 38.4. The Morgan fingerprint density at radius 1 is 0.929 bits per heavy atom. The molecule has 0 bridgehead atoms. The van der Waals surface area contributed by atoms with E-state index in [4.69, 9.17) is 10.2 Å². The molecule has 1 aromatic rings. The van der Waals surface area contributed by atoms with Crippen molar-refractivity contribution in [1.29, 1.82) is 0 Å². The molecule has 0 saturated heterocycles. The van der Waals surface area contributed by atoms with Gasteiger partial charge in [-0.3, -0.25) is 20.2 Å². The summed E-state index contributed by atoms with van der Waals surface area (Å²) in [4.78, 5) is 18.5. The number of nitro groups is 2. The molecule has 0 unspecified atom stereocenters. The van der Waals surface area contributed by atoms with Gasteiger partial charge in [0.1, 0.15) is 0 Å². The normalized spacial score (nSPS) is 9.71. The highest BCUT2D eigenvalue weighted by atomic mass is 16.6. The molecule has 0 amide bonds. The van der Waals surface area contributed by atoms with E-state index in [-0.39, 0.29) is 0 Å². The average Bonchev–Trinajstić information content (AvgIpc) is 2.08. The Bertz CT molecular complexity index is 376. The lowest BCUT2D eigenvalue weighted by Crippen LogP contribution is -1.92. The molecular weight excluding hydrogens is 196 g/mol. The van der Waals surface area contributed by atoms with Gasteiger partial charge in [0, 0.05) is 12.1 Å². The molecule has 2 N–H and O–H groups in total. The third-order valence-corrected chi connectivity index (χ3v) is 1.50. The van der Waals surface area contributed by atoms with Crippen LogP contribution in [-0.2, 0) is 0 Å². The van der Waals surface area contributed by atoms with Crippen LogP contribution in [0.15, 0.2) is 12.1 Å². The fraction of sp³-hybridized carbons (Fsp3) is 0. The zero-order chi connectivity index (χ0) is 10.9. The van der Waals surface area contributed by atoms with Gasteiger partial charge in [0.05, 0.1) is 9.85 Å². The number of hydrogen-bond acceptors (Lipinski definition) is 6. The minimum Gasteiger partial charge on any atom is -0.499 e. The number of phenolic OH excluding ortho intramolecular Hbond substituents is 2. The molecule has 1 rings (SSSR count). The van der Waals surface area contributed by atoms with Crippen molar-refractivity contribution < 1.29 is 20.1 Å². The van der Waals surface area contributed by atoms with E-state index in [1.807, 2.05) is 0 Å². The summed E-state index contributed by atoms with van der Waals surface area (Å²) in [5.74, 6) is -2.21. The van der Waals surface area contributed by atoms with Gasteiger partial charge in [0.25, 0.3) is 0 Å². The van der Waals surface area contributed by atoms with E-state index in [2.05, 4.69) is 0 Å². The lowest BCUT2D eigenvalue weighted by molar-refractivity contribution is -0.390. The third kappa shape index (κ3) is 1.40. The molecule has 0 spiro atoms. The second kappa shape index (κ2) is 3.17. The van der Waals surface area contributed by atoms with Crippen LogP contribution in [0.1, 0.15) is 0 Å². The maximum Gasteiger partial charge on any atom is 0.315 e. The van der Waals surface area contributed by atoms with E-state index in [0.29, 0.717) is 0 Å². The number of hydrogen-bond donors (Lipinski definition) is 2. The first-order chi connectivity index (χ1) is 6.45. The summed E-state index contributed by atoms with van der Waals surface area (Å²) in [7, 11) is 0. The predicted molar refractivity (Wildman–Crippen MR) is 43.1 cm³/mol. The number of benzene rings is 1. The summed E-state index contributed by atoms with van der Waals surface area (Å²) in [6, 6.07) is 1.49. The standard InChI is InChI=1S/C6H4N2O6/c9-5-3(7(11)12)1-2-4(6(5)10)8(13)14/h1-2,9-10H. The Morgan fingerprint density at radius 2 is 1.21 bits per heavy atom. The second-order valence-corrected chi connectivity index (χ2v) is 2.32. The maximum absolute atomic E-state index is 10.2. The van der Waals surface area contributed by atoms with Gasteiger partial charge in [-0.05, 0) is 0 Å². The second-order valence-electron chi connectivity index (χ2n) is 2.32. The summed E-state index contributed by atoms with van der Waals surface area (Å²) >= 11 is 0. The number of rotatable bonds is 2. The van der Waals surface area contributed by atoms with Crippen molar-refractivity contribution >= 4 is 11.4 Å². The molecule has 0 fully saturated rings. The molecular formula is C6H4N2O6. The highest BCUT2D eigenvalue weighted by Crippen LogP contribution is 2.41. The molecule has 8 heteroatoms. The first kappa shape index (κ1) is 9.71. The van der Waals surface area contributed by atoms with Crippen LogP contribution in [0.5, 0.6) is 11.5 Å². The van der Waals surface area contributed by atoms with Crippen molar-refractivity contribution in [2.24, 2.45) is 0 Å². The van der Waals surface area contributed by atoms with Gasteiger partial charge in [-0.1, -0.05) is 0 Å². The third-order valence-electron chi connectivity index (χ3n) is 1.50. The van der Waals surface area contributed by atoms with Crippen LogP contribution in [0, 0.1) is 20.2 Å². The lowest BCUT2D eigenvalue weighted by Gasteiger charge is -1.98. The fourth-order valence-corrected chi connectivity index (χ4v) is 0.853. The average molecular weight is 200 g/mol. The summed E-state index contributed by atoms with van der Waals surface area (Å²) < 4.78 is 0. The topological polar surface area (TPSA) is 127 Å². The van der Waals surface area contributed by atoms with E-state index >= 15 is 0 Å². The van der Waals surface area contributed by atoms with Gasteiger partial charge in [-0.25, -0.2) is 0 Å². The molecule has 0 radical (unpaired) electrons. The molecule has 0 aliphatic heterocycles. The maximum atomic E-state index is 10.2. The van der Waals surface area contributed by atoms with E-state index < -0.39 is 32.7 Å². The first-order valence-electron chi connectivity index (χ1n) is 3.29. The Balaban J connectivity index is 3.41. The van der Waals surface area contributed by atoms with E-state index in [1.54, 1.807) is 0 Å². The smallest absolute Gasteiger partial charge is 0.315 e. The van der Waals surface area contributed by atoms with E-state index in [1.165, 1.54) is 0 Å². The van der Waals surface area contributed by atoms with E-state index in [0.717, 1.165) is 12.1 Å². The van der Waals surface area contributed by atoms with Crippen molar-refractivity contribution in [3.63, 3.8) is 0 Å². The van der Waals surface area contributed by atoms with Crippen LogP contribution >= 0.6 is 0 Å². The van der Waals surface area contributed by atoms with Crippen molar-refractivity contribution in [3.8, 4) is 11.5 Å². The fourth-order valence-electron chi connectivity index (χ4n) is 0.853. The number of aromatic hydroxyl groups is 2. The minimum absolute atomic E-state index is 0.743. The highest BCUT2D eigenvalue weighted by Gasteiger charge is 2.25. The monoisotopic (exact) mass is 200 g/mol. The zero-order valence-electron chi connectivity index (χ0n) is 6.58. The summed E-state index contributed by atoms with van der Waals surface area (Å²) in [6.45, 7) is 0. The van der Waals surface area contributed by atoms with Gasteiger partial charge in [-0.2, -0.15) is 0 Å². The van der Waals surface area contributed by atoms with Crippen LogP contribution < -0.4 is 0 Å². The van der Waals surface area contributed by atoms with Crippen LogP contribution in [0.25, 0.3) is 0 Å². The van der Waals surface area contributed by atoms with Gasteiger partial charge in [-0.15, -0.1) is 0 Å². The quantitative estimate of drug-likeness (QED) is 0.415. The zero-order valence-corrected chi connectivity index (χ0v) is 6.58. The van der Waals surface area contributed by atoms with E-state index in [9.17, 15) is 20.2 Å². The van der Waals surface area contributed by atoms with Crippen molar-refractivity contribution in [2.75, 3.05) is 0 Å². The van der Waals surface area contributed by atoms with Gasteiger partial charge in [0.2, 0.25) is 11.5 Å². The van der Waals surface area contributed by atoms with Crippen LogP contribution in [0.4, 0.5) is 11.4 Å². The Kier molecular flexibility index (Phi) is 2.19. The SMILES string of the molecule is O=[N+]([O-])c1ccc([N+](=O)[O-])c(O)c1O. The van der Waals surface area contributed by atoms with Crippen molar-refractivity contribution in [2.45, 2.75) is 0 Å². The molecule has 1 aromatic carbocycles. The molecule has 0 saturated carbocycles. The van der Waals surface area contributed by atoms with Gasteiger partial charge >= 0.3 is 11.4 Å². The summed E-state index contributed by atoms with van der Waals surface area (Å²) in [6.07, 6.45) is 0. The Morgan fingerprint density at radius 3 is 1.43 bits per heavy atom. The van der Waals surface area contributed by atoms with Crippen LogP contribution in [0.2, 0.25) is 0 Å². The van der Waals surface area contributed by atoms with Crippen LogP contribution in [0.3, 0.4) is 0 Å². The molecule has 8 nitrogen and oxygen atoms in total. The molecule has 74 valence electrons. The Labute approximate surface area is 76.3 Å². The molecule has 0 atom stereocenters. The first-order valence-corrected chi connectivity index (χ1v) is 3.29. The molecule has 14 heavy (non-hydrogen) atoms. The number of phenols is 2. The molecule has 0 aliphatic carbocycles.